The Bertz CT molecular complexity index is 1450. The third-order valence-corrected chi connectivity index (χ3v) is 6.06. The van der Waals surface area contributed by atoms with Crippen molar-refractivity contribution in [3.05, 3.63) is 79.1 Å². The minimum absolute atomic E-state index is 0.315. The highest BCUT2D eigenvalue weighted by molar-refractivity contribution is 7.99. The molecule has 2 heterocycles. The number of aromatic nitrogens is 4. The zero-order valence-electron chi connectivity index (χ0n) is 19.3. The van der Waals surface area contributed by atoms with Gasteiger partial charge in [-0.15, -0.1) is 5.10 Å². The van der Waals surface area contributed by atoms with Crippen molar-refractivity contribution in [2.24, 2.45) is 0 Å². The van der Waals surface area contributed by atoms with E-state index in [0.717, 1.165) is 41.2 Å². The number of thioether (sulfide) groups is 1. The first kappa shape index (κ1) is 24.1. The molecule has 5 rings (SSSR count). The van der Waals surface area contributed by atoms with Gasteiger partial charge in [0.2, 0.25) is 5.16 Å². The zero-order chi connectivity index (χ0) is 24.6. The first-order chi connectivity index (χ1) is 17.2. The highest BCUT2D eigenvalue weighted by Crippen LogP contribution is 2.34. The van der Waals surface area contributed by atoms with E-state index in [4.69, 9.17) is 9.84 Å². The second-order valence-corrected chi connectivity index (χ2v) is 8.41. The number of fused-ring (bicyclic) bond motifs is 1. The number of aromatic amines is 1. The number of ether oxygens (including phenoxy) is 1. The summed E-state index contributed by atoms with van der Waals surface area (Å²) in [5, 5.41) is 17.2. The number of rotatable bonds is 7. The Balaban J connectivity index is 0.00000141. The Morgan fingerprint density at radius 1 is 0.886 bits per heavy atom. The van der Waals surface area contributed by atoms with Crippen LogP contribution >= 0.6 is 11.8 Å². The molecule has 7 nitrogen and oxygen atoms in total. The minimum Gasteiger partial charge on any atom is -0.495 e. The van der Waals surface area contributed by atoms with E-state index >= 15 is 0 Å². The van der Waals surface area contributed by atoms with Crippen molar-refractivity contribution >= 4 is 28.8 Å². The van der Waals surface area contributed by atoms with Gasteiger partial charge in [0.1, 0.15) is 12.0 Å². The molecule has 8 heteroatoms. The SMILES string of the molecule is CO.COc1cncc(-c2cc(-c3ccc4ccccc4c3)cc(-c3nc(SCC=O)n[nH]3)c2)c1. The van der Waals surface area contributed by atoms with E-state index in [2.05, 4.69) is 68.7 Å². The maximum atomic E-state index is 10.7. The van der Waals surface area contributed by atoms with Gasteiger partial charge in [-0.3, -0.25) is 10.1 Å². The number of H-pyrrole nitrogens is 1. The van der Waals surface area contributed by atoms with Crippen molar-refractivity contribution in [2.75, 3.05) is 20.0 Å². The van der Waals surface area contributed by atoms with Crippen LogP contribution in [0.2, 0.25) is 0 Å². The van der Waals surface area contributed by atoms with Gasteiger partial charge in [0.15, 0.2) is 5.82 Å². The molecule has 176 valence electrons. The molecule has 0 aliphatic rings. The quantitative estimate of drug-likeness (QED) is 0.240. The average Bonchev–Trinajstić information content (AvgIpc) is 3.41. The summed E-state index contributed by atoms with van der Waals surface area (Å²) in [7, 11) is 2.63. The number of pyridine rings is 1. The molecular weight excluding hydrogens is 460 g/mol. The molecule has 0 spiro atoms. The fourth-order valence-electron chi connectivity index (χ4n) is 3.70. The van der Waals surface area contributed by atoms with Crippen LogP contribution in [0.3, 0.4) is 0 Å². The summed E-state index contributed by atoms with van der Waals surface area (Å²) in [6, 6.07) is 23.0. The molecule has 5 aromatic rings. The maximum absolute atomic E-state index is 10.7. The zero-order valence-corrected chi connectivity index (χ0v) is 20.1. The fourth-order valence-corrected chi connectivity index (χ4v) is 4.19. The van der Waals surface area contributed by atoms with Crippen LogP contribution in [0.5, 0.6) is 5.75 Å². The monoisotopic (exact) mass is 484 g/mol. The van der Waals surface area contributed by atoms with Gasteiger partial charge in [0, 0.05) is 24.4 Å². The standard InChI is InChI=1S/C26H20N4O2S.CH4O/c1-32-24-14-23(15-27-16-24)21-11-20(19-7-6-17-4-2-3-5-18(17)10-19)12-22(13-21)25-28-26(30-29-25)33-9-8-31;1-2/h2-8,10-16H,9H2,1H3,(H,28,29,30);2H,1H3. The average molecular weight is 485 g/mol. The van der Waals surface area contributed by atoms with Crippen LogP contribution in [0.15, 0.2) is 84.3 Å². The first-order valence-corrected chi connectivity index (χ1v) is 11.8. The molecule has 0 bridgehead atoms. The van der Waals surface area contributed by atoms with Crippen molar-refractivity contribution in [1.29, 1.82) is 0 Å². The van der Waals surface area contributed by atoms with Gasteiger partial charge in [-0.05, 0) is 57.8 Å². The number of aliphatic hydroxyl groups is 1. The Hall–Kier alpha value is -4.01. The summed E-state index contributed by atoms with van der Waals surface area (Å²) in [6.45, 7) is 0. The first-order valence-electron chi connectivity index (χ1n) is 10.8. The van der Waals surface area contributed by atoms with E-state index in [1.807, 2.05) is 24.4 Å². The van der Waals surface area contributed by atoms with E-state index in [1.165, 1.54) is 22.5 Å². The van der Waals surface area contributed by atoms with Gasteiger partial charge in [-0.25, -0.2) is 4.98 Å². The van der Waals surface area contributed by atoms with Crippen molar-refractivity contribution in [1.82, 2.24) is 20.2 Å². The van der Waals surface area contributed by atoms with Crippen LogP contribution in [0.4, 0.5) is 0 Å². The fraction of sp³-hybridized carbons (Fsp3) is 0.111. The second kappa shape index (κ2) is 11.4. The van der Waals surface area contributed by atoms with E-state index in [-0.39, 0.29) is 0 Å². The molecule has 3 aromatic carbocycles. The summed E-state index contributed by atoms with van der Waals surface area (Å²) in [5.74, 6) is 1.65. The van der Waals surface area contributed by atoms with Gasteiger partial charge in [0.25, 0.3) is 0 Å². The summed E-state index contributed by atoms with van der Waals surface area (Å²) >= 11 is 1.30. The molecule has 0 fully saturated rings. The molecule has 2 aromatic heterocycles. The predicted molar refractivity (Wildman–Crippen MR) is 139 cm³/mol. The molecule has 0 saturated carbocycles. The van der Waals surface area contributed by atoms with E-state index < -0.39 is 0 Å². The minimum atomic E-state index is 0.315. The number of nitrogens with zero attached hydrogens (tertiary/aromatic N) is 3. The Morgan fingerprint density at radius 3 is 2.40 bits per heavy atom. The highest BCUT2D eigenvalue weighted by Gasteiger charge is 2.12. The van der Waals surface area contributed by atoms with Crippen molar-refractivity contribution in [3.63, 3.8) is 0 Å². The number of hydrogen-bond donors (Lipinski definition) is 2. The van der Waals surface area contributed by atoms with Crippen LogP contribution in [0.1, 0.15) is 0 Å². The van der Waals surface area contributed by atoms with Gasteiger partial charge in [0.05, 0.1) is 19.1 Å². The van der Waals surface area contributed by atoms with E-state index in [0.29, 0.717) is 22.5 Å². The lowest BCUT2D eigenvalue weighted by atomic mass is 9.95. The Morgan fingerprint density at radius 2 is 1.63 bits per heavy atom. The molecular formula is C27H24N4O3S. The number of benzene rings is 3. The van der Waals surface area contributed by atoms with Gasteiger partial charge >= 0.3 is 0 Å². The largest absolute Gasteiger partial charge is 0.495 e. The molecule has 0 saturated heterocycles. The third kappa shape index (κ3) is 5.56. The number of carbonyl (C=O) groups is 1. The van der Waals surface area contributed by atoms with Gasteiger partial charge in [-0.1, -0.05) is 48.2 Å². The van der Waals surface area contributed by atoms with Crippen molar-refractivity contribution in [2.45, 2.75) is 5.16 Å². The number of carbonyl (C=O) groups excluding carboxylic acids is 1. The highest BCUT2D eigenvalue weighted by atomic mass is 32.2. The van der Waals surface area contributed by atoms with Crippen molar-refractivity contribution < 1.29 is 14.6 Å². The lowest BCUT2D eigenvalue weighted by Crippen LogP contribution is -1.90. The summed E-state index contributed by atoms with van der Waals surface area (Å²) in [6.07, 6.45) is 4.34. The summed E-state index contributed by atoms with van der Waals surface area (Å²) in [5.41, 5.74) is 4.97. The van der Waals surface area contributed by atoms with Crippen LogP contribution in [0, 0.1) is 0 Å². The number of aldehydes is 1. The number of hydrogen-bond acceptors (Lipinski definition) is 7. The second-order valence-electron chi connectivity index (χ2n) is 7.42. The molecule has 2 N–H and O–H groups in total. The molecule has 0 aliphatic heterocycles. The van der Waals surface area contributed by atoms with Crippen molar-refractivity contribution in [3.8, 4) is 39.4 Å². The van der Waals surface area contributed by atoms with Crippen LogP contribution in [0.25, 0.3) is 44.4 Å². The van der Waals surface area contributed by atoms with Crippen LogP contribution in [-0.2, 0) is 4.79 Å². The van der Waals surface area contributed by atoms with Gasteiger partial charge < -0.3 is 14.6 Å². The maximum Gasteiger partial charge on any atom is 0.209 e. The topological polar surface area (TPSA) is 101 Å². The molecule has 35 heavy (non-hydrogen) atoms. The van der Waals surface area contributed by atoms with Crippen LogP contribution < -0.4 is 4.74 Å². The molecule has 0 atom stereocenters. The number of aliphatic hydroxyl groups excluding tert-OH is 1. The molecule has 0 amide bonds. The summed E-state index contributed by atoms with van der Waals surface area (Å²) < 4.78 is 5.37. The van der Waals surface area contributed by atoms with E-state index in [1.54, 1.807) is 13.3 Å². The smallest absolute Gasteiger partial charge is 0.209 e. The molecule has 0 radical (unpaired) electrons. The summed E-state index contributed by atoms with van der Waals surface area (Å²) in [4.78, 5) is 19.6. The Kier molecular flexibility index (Phi) is 7.87. The van der Waals surface area contributed by atoms with Crippen LogP contribution in [-0.4, -0.2) is 51.5 Å². The normalized spacial score (nSPS) is 10.5. The molecule has 0 unspecified atom stereocenters. The molecule has 0 aliphatic carbocycles. The lowest BCUT2D eigenvalue weighted by Gasteiger charge is -2.11. The Labute approximate surface area is 207 Å². The lowest BCUT2D eigenvalue weighted by molar-refractivity contribution is -0.105. The van der Waals surface area contributed by atoms with Gasteiger partial charge in [-0.2, -0.15) is 0 Å². The predicted octanol–water partition coefficient (Wildman–Crippen LogP) is 5.26. The number of nitrogens with one attached hydrogen (secondary N) is 1. The number of methoxy groups -OCH3 is 1. The third-order valence-electron chi connectivity index (χ3n) is 5.32. The van der Waals surface area contributed by atoms with E-state index in [9.17, 15) is 4.79 Å².